The summed E-state index contributed by atoms with van der Waals surface area (Å²) in [6.45, 7) is 1.86. The van der Waals surface area contributed by atoms with E-state index in [-0.39, 0.29) is 11.7 Å². The summed E-state index contributed by atoms with van der Waals surface area (Å²) < 4.78 is 1.01. The van der Waals surface area contributed by atoms with Crippen LogP contribution < -0.4 is 5.32 Å². The zero-order chi connectivity index (χ0) is 21.5. The maximum absolute atomic E-state index is 13.5. The Morgan fingerprint density at radius 1 is 1.16 bits per heavy atom. The summed E-state index contributed by atoms with van der Waals surface area (Å²) >= 11 is 7.70. The van der Waals surface area contributed by atoms with Crippen molar-refractivity contribution in [1.29, 1.82) is 0 Å². The Balaban J connectivity index is 1.56. The minimum atomic E-state index is -0.605. The van der Waals surface area contributed by atoms with Crippen molar-refractivity contribution in [2.45, 2.75) is 32.1 Å². The number of rotatable bonds is 3. The molecule has 2 heterocycles. The van der Waals surface area contributed by atoms with E-state index in [4.69, 9.17) is 16.6 Å². The molecule has 1 N–H and O–H groups in total. The fourth-order valence-corrected chi connectivity index (χ4v) is 5.58. The zero-order valence-corrected chi connectivity index (χ0v) is 18.5. The third kappa shape index (κ3) is 3.70. The van der Waals surface area contributed by atoms with Gasteiger partial charge in [0.05, 0.1) is 16.1 Å². The summed E-state index contributed by atoms with van der Waals surface area (Å²) in [6, 6.07) is 15.2. The second kappa shape index (κ2) is 8.02. The van der Waals surface area contributed by atoms with E-state index in [1.165, 1.54) is 11.3 Å². The smallest absolute Gasteiger partial charge is 0.235 e. The number of hydrogen-bond acceptors (Lipinski definition) is 5. The van der Waals surface area contributed by atoms with Crippen molar-refractivity contribution >= 4 is 55.7 Å². The monoisotopic (exact) mass is 449 g/mol. The number of nitrogens with zero attached hydrogens (tertiary/aromatic N) is 2. The van der Waals surface area contributed by atoms with Gasteiger partial charge in [0.1, 0.15) is 0 Å². The molecule has 1 aliphatic carbocycles. The first-order valence-corrected chi connectivity index (χ1v) is 11.4. The number of anilines is 1. The number of thiazole rings is 1. The van der Waals surface area contributed by atoms with E-state index in [1.54, 1.807) is 6.07 Å². The number of nitrogens with one attached hydrogen (secondary N) is 1. The van der Waals surface area contributed by atoms with Crippen molar-refractivity contribution in [1.82, 2.24) is 4.98 Å². The fraction of sp³-hybridized carbons (Fsp3) is 0.250. The molecule has 2 aromatic carbocycles. The number of halogens is 1. The van der Waals surface area contributed by atoms with E-state index < -0.39 is 11.8 Å². The number of Topliss-reactive ketones (excluding diaryl/α,β-unsaturated/α-hetero) is 1. The molecule has 156 valence electrons. The highest BCUT2D eigenvalue weighted by Gasteiger charge is 2.42. The molecule has 0 radical (unpaired) electrons. The van der Waals surface area contributed by atoms with Crippen LogP contribution in [0.15, 0.2) is 64.8 Å². The highest BCUT2D eigenvalue weighted by Crippen LogP contribution is 2.44. The van der Waals surface area contributed by atoms with Gasteiger partial charge in [-0.05, 0) is 49.6 Å². The fourth-order valence-electron chi connectivity index (χ4n) is 4.52. The predicted molar refractivity (Wildman–Crippen MR) is 125 cm³/mol. The lowest BCUT2D eigenvalue weighted by molar-refractivity contribution is -0.119. The van der Waals surface area contributed by atoms with Crippen LogP contribution in [0.2, 0.25) is 5.02 Å². The summed E-state index contributed by atoms with van der Waals surface area (Å²) in [5.41, 5.74) is 3.87. The van der Waals surface area contributed by atoms with E-state index in [0.29, 0.717) is 27.9 Å². The van der Waals surface area contributed by atoms with Gasteiger partial charge in [0, 0.05) is 34.3 Å². The molecular weight excluding hydrogens is 430 g/mol. The lowest BCUT2D eigenvalue weighted by Crippen LogP contribution is -2.39. The molecule has 5 nitrogen and oxygen atoms in total. The lowest BCUT2D eigenvalue weighted by Gasteiger charge is -2.34. The highest BCUT2D eigenvalue weighted by molar-refractivity contribution is 7.22. The van der Waals surface area contributed by atoms with Crippen LogP contribution in [0.5, 0.6) is 0 Å². The first-order chi connectivity index (χ1) is 15.0. The number of fused-ring (bicyclic) bond motifs is 1. The van der Waals surface area contributed by atoms with Gasteiger partial charge in [0.15, 0.2) is 10.9 Å². The number of aromatic nitrogens is 1. The topological polar surface area (TPSA) is 71.4 Å². The van der Waals surface area contributed by atoms with Crippen LogP contribution in [0, 0.1) is 5.92 Å². The number of para-hydroxylation sites is 1. The molecule has 0 bridgehead atoms. The number of amides is 1. The predicted octanol–water partition coefficient (Wildman–Crippen LogP) is 5.77. The number of aliphatic imine (C=N–C) groups is 1. The number of benzene rings is 2. The van der Waals surface area contributed by atoms with E-state index in [2.05, 4.69) is 10.3 Å². The largest absolute Gasteiger partial charge is 0.301 e. The summed E-state index contributed by atoms with van der Waals surface area (Å²) in [6.07, 6.45) is 2.03. The molecule has 1 aromatic heterocycles. The van der Waals surface area contributed by atoms with Crippen LogP contribution in [-0.4, -0.2) is 22.4 Å². The summed E-state index contributed by atoms with van der Waals surface area (Å²) in [5.74, 6) is -1.16. The molecule has 0 spiro atoms. The van der Waals surface area contributed by atoms with Gasteiger partial charge in [-0.15, -0.1) is 0 Å². The molecule has 0 saturated carbocycles. The van der Waals surface area contributed by atoms with Gasteiger partial charge in [-0.1, -0.05) is 47.2 Å². The Morgan fingerprint density at radius 2 is 2.00 bits per heavy atom. The average molecular weight is 450 g/mol. The van der Waals surface area contributed by atoms with Crippen molar-refractivity contribution in [2.75, 3.05) is 5.32 Å². The number of carbonyl (C=O) groups excluding carboxylic acids is 2. The maximum atomic E-state index is 13.5. The molecule has 0 saturated heterocycles. The third-order valence-corrected chi connectivity index (χ3v) is 7.04. The van der Waals surface area contributed by atoms with Crippen LogP contribution in [0.3, 0.4) is 0 Å². The normalized spacial score (nSPS) is 21.1. The van der Waals surface area contributed by atoms with Gasteiger partial charge >= 0.3 is 0 Å². The Labute approximate surface area is 188 Å². The lowest BCUT2D eigenvalue weighted by atomic mass is 9.71. The van der Waals surface area contributed by atoms with Gasteiger partial charge in [-0.3, -0.25) is 14.6 Å². The van der Waals surface area contributed by atoms with Gasteiger partial charge in [-0.2, -0.15) is 0 Å². The molecule has 31 heavy (non-hydrogen) atoms. The summed E-state index contributed by atoms with van der Waals surface area (Å²) in [5, 5.41) is 4.09. The standard InChI is InChI=1S/C24H20ClN3O2S/c1-13-20(23(30)28-24-27-16-8-2-3-11-19(16)31-24)21(14-6-4-7-15(25)12-14)22-17(26-13)9-5-10-18(22)29/h2-4,6-8,11-12,20-21H,5,9-10H2,1H3,(H,27,28,30)/t20?,21-/m0/s1. The molecule has 5 rings (SSSR count). The minimum absolute atomic E-state index is 0.0697. The van der Waals surface area contributed by atoms with Crippen LogP contribution >= 0.6 is 22.9 Å². The first-order valence-electron chi connectivity index (χ1n) is 10.2. The van der Waals surface area contributed by atoms with Crippen molar-refractivity contribution in [3.63, 3.8) is 0 Å². The Hall–Kier alpha value is -2.83. The molecule has 3 aromatic rings. The minimum Gasteiger partial charge on any atom is -0.301 e. The average Bonchev–Trinajstić information content (AvgIpc) is 3.15. The Bertz CT molecular complexity index is 1240. The van der Waals surface area contributed by atoms with E-state index in [9.17, 15) is 9.59 Å². The van der Waals surface area contributed by atoms with Crippen LogP contribution in [0.25, 0.3) is 10.2 Å². The third-order valence-electron chi connectivity index (χ3n) is 5.85. The summed E-state index contributed by atoms with van der Waals surface area (Å²) in [7, 11) is 0. The molecule has 1 aliphatic heterocycles. The van der Waals surface area contributed by atoms with Crippen molar-refractivity contribution in [3.05, 3.63) is 70.4 Å². The molecule has 2 aliphatic rings. The second-order valence-electron chi connectivity index (χ2n) is 7.88. The van der Waals surface area contributed by atoms with Gasteiger partial charge < -0.3 is 5.32 Å². The SMILES string of the molecule is CC1=NC2=C(C(=O)CCC2)[C@@H](c2cccc(Cl)c2)C1C(=O)Nc1nc2ccccc2s1. The van der Waals surface area contributed by atoms with E-state index >= 15 is 0 Å². The number of ketones is 1. The first kappa shape index (κ1) is 20.1. The molecule has 7 heteroatoms. The Morgan fingerprint density at radius 3 is 2.81 bits per heavy atom. The zero-order valence-electron chi connectivity index (χ0n) is 16.9. The van der Waals surface area contributed by atoms with Crippen LogP contribution in [0.1, 0.15) is 37.7 Å². The van der Waals surface area contributed by atoms with Crippen molar-refractivity contribution in [3.8, 4) is 0 Å². The molecular formula is C24H20ClN3O2S. The van der Waals surface area contributed by atoms with Crippen molar-refractivity contribution in [2.24, 2.45) is 10.9 Å². The molecule has 0 fully saturated rings. The molecule has 1 unspecified atom stereocenters. The molecule has 2 atom stereocenters. The van der Waals surface area contributed by atoms with Crippen molar-refractivity contribution < 1.29 is 9.59 Å². The number of carbonyl (C=O) groups is 2. The van der Waals surface area contributed by atoms with Crippen LogP contribution in [-0.2, 0) is 9.59 Å². The quantitative estimate of drug-likeness (QED) is 0.551. The summed E-state index contributed by atoms with van der Waals surface area (Å²) in [4.78, 5) is 35.7. The molecule has 1 amide bonds. The van der Waals surface area contributed by atoms with Gasteiger partial charge in [0.25, 0.3) is 0 Å². The number of allylic oxidation sites excluding steroid dienone is 2. The number of hydrogen-bond donors (Lipinski definition) is 1. The van der Waals surface area contributed by atoms with E-state index in [0.717, 1.165) is 34.3 Å². The highest BCUT2D eigenvalue weighted by atomic mass is 35.5. The maximum Gasteiger partial charge on any atom is 0.235 e. The Kier molecular flexibility index (Phi) is 5.20. The van der Waals surface area contributed by atoms with Crippen LogP contribution in [0.4, 0.5) is 5.13 Å². The van der Waals surface area contributed by atoms with Gasteiger partial charge in [0.2, 0.25) is 5.91 Å². The van der Waals surface area contributed by atoms with E-state index in [1.807, 2.05) is 49.4 Å². The van der Waals surface area contributed by atoms with Gasteiger partial charge in [-0.25, -0.2) is 4.98 Å². The second-order valence-corrected chi connectivity index (χ2v) is 9.34.